The summed E-state index contributed by atoms with van der Waals surface area (Å²) in [6.45, 7) is 6.25. The predicted molar refractivity (Wildman–Crippen MR) is 127 cm³/mol. The van der Waals surface area contributed by atoms with Gasteiger partial charge in [0.2, 0.25) is 0 Å². The molecule has 0 radical (unpaired) electrons. The molecule has 0 saturated carbocycles. The van der Waals surface area contributed by atoms with E-state index in [0.717, 1.165) is 34.3 Å². The number of carbonyl (C=O) groups is 2. The molecule has 2 aliphatic rings. The summed E-state index contributed by atoms with van der Waals surface area (Å²) >= 11 is 0.741. The van der Waals surface area contributed by atoms with Gasteiger partial charge in [0.1, 0.15) is 5.82 Å². The van der Waals surface area contributed by atoms with E-state index in [0.29, 0.717) is 5.56 Å². The van der Waals surface area contributed by atoms with E-state index < -0.39 is 21.9 Å². The fourth-order valence-electron chi connectivity index (χ4n) is 4.44. The average Bonchev–Trinajstić information content (AvgIpc) is 3.00. The zero-order valence-corrected chi connectivity index (χ0v) is 19.6. The molecule has 2 aromatic rings. The quantitative estimate of drug-likeness (QED) is 0.325. The highest BCUT2D eigenvalue weighted by Crippen LogP contribution is 2.44. The fourth-order valence-corrected chi connectivity index (χ4v) is 5.27. The lowest BCUT2D eigenvalue weighted by Crippen LogP contribution is -2.45. The maximum absolute atomic E-state index is 15.0. The van der Waals surface area contributed by atoms with E-state index in [-0.39, 0.29) is 34.2 Å². The molecule has 2 aromatic carbocycles. The molecule has 2 aliphatic heterocycles. The molecule has 7 nitrogen and oxygen atoms in total. The van der Waals surface area contributed by atoms with Crippen LogP contribution in [-0.4, -0.2) is 33.6 Å². The summed E-state index contributed by atoms with van der Waals surface area (Å²) in [4.78, 5) is 39.1. The van der Waals surface area contributed by atoms with Gasteiger partial charge in [-0.2, -0.15) is 0 Å². The van der Waals surface area contributed by atoms with Crippen LogP contribution < -0.4 is 4.90 Å². The number of carbonyl (C=O) groups excluding carboxylic acids is 2. The zero-order chi connectivity index (χ0) is 24.1. The Morgan fingerprint density at radius 3 is 2.70 bits per heavy atom. The van der Waals surface area contributed by atoms with Crippen LogP contribution in [0.4, 0.5) is 20.6 Å². The number of fused-ring (bicyclic) bond motifs is 1. The number of thioether (sulfide) groups is 1. The van der Waals surface area contributed by atoms with Crippen LogP contribution in [0.25, 0.3) is 6.08 Å². The van der Waals surface area contributed by atoms with Gasteiger partial charge in [-0.15, -0.1) is 0 Å². The number of nitrogens with zero attached hydrogens (tertiary/aromatic N) is 3. The van der Waals surface area contributed by atoms with Gasteiger partial charge in [0.05, 0.1) is 16.4 Å². The predicted octanol–water partition coefficient (Wildman–Crippen LogP) is 5.69. The fraction of sp³-hybridized carbons (Fsp3) is 0.333. The highest BCUT2D eigenvalue weighted by molar-refractivity contribution is 8.18. The summed E-state index contributed by atoms with van der Waals surface area (Å²) < 4.78 is 15.0. The van der Waals surface area contributed by atoms with Gasteiger partial charge in [0.25, 0.3) is 16.8 Å². The molecule has 0 N–H and O–H groups in total. The molecule has 172 valence electrons. The Morgan fingerprint density at radius 1 is 1.27 bits per heavy atom. The Labute approximate surface area is 195 Å². The van der Waals surface area contributed by atoms with Crippen molar-refractivity contribution in [1.82, 2.24) is 4.90 Å². The van der Waals surface area contributed by atoms with Gasteiger partial charge in [0.15, 0.2) is 0 Å². The van der Waals surface area contributed by atoms with Gasteiger partial charge in [0, 0.05) is 36.0 Å². The Hall–Kier alpha value is -3.20. The highest BCUT2D eigenvalue weighted by atomic mass is 32.2. The number of amides is 2. The van der Waals surface area contributed by atoms with E-state index in [1.54, 1.807) is 12.1 Å². The number of imide groups is 1. The molecule has 0 spiro atoms. The number of non-ortho nitro benzene ring substituents is 1. The van der Waals surface area contributed by atoms with E-state index in [2.05, 4.69) is 25.7 Å². The molecule has 1 unspecified atom stereocenters. The van der Waals surface area contributed by atoms with E-state index >= 15 is 4.39 Å². The highest BCUT2D eigenvalue weighted by Gasteiger charge is 2.37. The maximum atomic E-state index is 15.0. The zero-order valence-electron chi connectivity index (χ0n) is 18.8. The first kappa shape index (κ1) is 23.0. The minimum Gasteiger partial charge on any atom is -0.369 e. The Kier molecular flexibility index (Phi) is 5.78. The van der Waals surface area contributed by atoms with E-state index in [1.165, 1.54) is 30.3 Å². The van der Waals surface area contributed by atoms with Crippen LogP contribution in [0.5, 0.6) is 0 Å². The van der Waals surface area contributed by atoms with Gasteiger partial charge in [-0.05, 0) is 67.3 Å². The number of hydrogen-bond acceptors (Lipinski definition) is 6. The summed E-state index contributed by atoms with van der Waals surface area (Å²) in [5, 5.41) is 10.5. The Bertz CT molecular complexity index is 1210. The minimum absolute atomic E-state index is 0.0900. The first-order valence-electron chi connectivity index (χ1n) is 10.5. The first-order chi connectivity index (χ1) is 15.5. The molecule has 1 saturated heterocycles. The van der Waals surface area contributed by atoms with Crippen LogP contribution in [0, 0.1) is 15.9 Å². The second-order valence-corrected chi connectivity index (χ2v) is 10.1. The third-order valence-corrected chi connectivity index (χ3v) is 7.28. The summed E-state index contributed by atoms with van der Waals surface area (Å²) in [6, 6.07) is 9.04. The second kappa shape index (κ2) is 8.30. The molecule has 2 heterocycles. The van der Waals surface area contributed by atoms with Crippen LogP contribution in [0.3, 0.4) is 0 Å². The number of hydrogen-bond donors (Lipinski definition) is 0. The van der Waals surface area contributed by atoms with Gasteiger partial charge < -0.3 is 4.90 Å². The van der Waals surface area contributed by atoms with Crippen LogP contribution in [0.2, 0.25) is 0 Å². The molecule has 1 fully saturated rings. The van der Waals surface area contributed by atoms with Crippen molar-refractivity contribution in [2.75, 3.05) is 11.9 Å². The van der Waals surface area contributed by atoms with Crippen molar-refractivity contribution >= 4 is 40.4 Å². The first-order valence-corrected chi connectivity index (χ1v) is 11.4. The molecule has 9 heteroatoms. The molecule has 0 aromatic heterocycles. The van der Waals surface area contributed by atoms with Crippen molar-refractivity contribution in [3.63, 3.8) is 0 Å². The largest absolute Gasteiger partial charge is 0.369 e. The van der Waals surface area contributed by atoms with Crippen molar-refractivity contribution < 1.29 is 18.9 Å². The maximum Gasteiger partial charge on any atom is 0.293 e. The number of halogens is 1. The normalized spacial score (nSPS) is 21.0. The number of benzene rings is 2. The molecule has 33 heavy (non-hydrogen) atoms. The Morgan fingerprint density at radius 2 is 2.00 bits per heavy atom. The number of nitro groups is 1. The van der Waals surface area contributed by atoms with Crippen molar-refractivity contribution in [3.8, 4) is 0 Å². The third-order valence-electron chi connectivity index (χ3n) is 6.37. The number of rotatable bonds is 4. The lowest BCUT2D eigenvalue weighted by Gasteiger charge is -2.45. The lowest BCUT2D eigenvalue weighted by molar-refractivity contribution is -0.384. The molecular weight excluding hydrogens is 445 g/mol. The SMILES string of the molecule is CC1CC(C)(C)N(C)c2cc(F)c(/C=C3/SC(=O)N(Cc4cccc([N+](=O)[O-])c4)C3=O)cc21. The smallest absolute Gasteiger partial charge is 0.293 e. The van der Waals surface area contributed by atoms with E-state index in [4.69, 9.17) is 0 Å². The molecule has 0 aliphatic carbocycles. The van der Waals surface area contributed by atoms with Crippen molar-refractivity contribution in [3.05, 3.63) is 73.9 Å². The summed E-state index contributed by atoms with van der Waals surface area (Å²) in [5.74, 6) is -0.793. The van der Waals surface area contributed by atoms with Crippen molar-refractivity contribution in [1.29, 1.82) is 0 Å². The van der Waals surface area contributed by atoms with Crippen LogP contribution in [0.1, 0.15) is 49.8 Å². The van der Waals surface area contributed by atoms with Crippen molar-refractivity contribution in [2.45, 2.75) is 45.2 Å². The van der Waals surface area contributed by atoms with E-state index in [1.807, 2.05) is 7.05 Å². The summed E-state index contributed by atoms with van der Waals surface area (Å²) in [7, 11) is 1.95. The van der Waals surface area contributed by atoms with Crippen LogP contribution >= 0.6 is 11.8 Å². The van der Waals surface area contributed by atoms with Gasteiger partial charge in [-0.1, -0.05) is 19.1 Å². The molecule has 0 bridgehead atoms. The molecular formula is C24H24FN3O4S. The van der Waals surface area contributed by atoms with Crippen molar-refractivity contribution in [2.24, 2.45) is 0 Å². The van der Waals surface area contributed by atoms with Crippen LogP contribution in [-0.2, 0) is 11.3 Å². The Balaban J connectivity index is 1.62. The van der Waals surface area contributed by atoms with Gasteiger partial charge in [-0.3, -0.25) is 24.6 Å². The van der Waals surface area contributed by atoms with Gasteiger partial charge in [-0.25, -0.2) is 4.39 Å². The third kappa shape index (κ3) is 4.25. The van der Waals surface area contributed by atoms with E-state index in [9.17, 15) is 19.7 Å². The standard InChI is InChI=1S/C24H24FN3O4S/c1-14-12-24(2,3)26(4)20-11-19(25)16(9-18(14)20)10-21-22(29)27(23(30)33-21)13-15-6-5-7-17(8-15)28(31)32/h5-11,14H,12-13H2,1-4H3/b21-10+. The second-order valence-electron chi connectivity index (χ2n) is 9.10. The van der Waals surface area contributed by atoms with Crippen LogP contribution in [0.15, 0.2) is 41.3 Å². The topological polar surface area (TPSA) is 83.8 Å². The van der Waals surface area contributed by atoms with Gasteiger partial charge >= 0.3 is 0 Å². The monoisotopic (exact) mass is 469 g/mol. The average molecular weight is 470 g/mol. The number of nitro benzene ring substituents is 1. The molecule has 2 amide bonds. The number of anilines is 1. The summed E-state index contributed by atoms with van der Waals surface area (Å²) in [5.41, 5.74) is 2.33. The molecule has 4 rings (SSSR count). The summed E-state index contributed by atoms with van der Waals surface area (Å²) in [6.07, 6.45) is 2.32. The lowest BCUT2D eigenvalue weighted by atomic mass is 9.80. The minimum atomic E-state index is -0.542. The molecule has 1 atom stereocenters.